The van der Waals surface area contributed by atoms with Crippen molar-refractivity contribution in [3.8, 4) is 17.7 Å². The van der Waals surface area contributed by atoms with Gasteiger partial charge >= 0.3 is 6.16 Å². The summed E-state index contributed by atoms with van der Waals surface area (Å²) in [6.07, 6.45) is -1.43. The van der Waals surface area contributed by atoms with Gasteiger partial charge in [-0.2, -0.15) is 5.26 Å². The number of aromatic nitrogens is 1. The summed E-state index contributed by atoms with van der Waals surface area (Å²) in [5.41, 5.74) is 3.74. The molecule has 0 radical (unpaired) electrons. The average molecular weight is 395 g/mol. The van der Waals surface area contributed by atoms with Crippen molar-refractivity contribution in [2.24, 2.45) is 0 Å². The van der Waals surface area contributed by atoms with Gasteiger partial charge in [0.25, 0.3) is 0 Å². The molecule has 0 aliphatic carbocycles. The van der Waals surface area contributed by atoms with Crippen LogP contribution in [0.25, 0.3) is 0 Å². The van der Waals surface area contributed by atoms with Crippen LogP contribution in [0.4, 0.5) is 10.5 Å². The molecule has 29 heavy (non-hydrogen) atoms. The Morgan fingerprint density at radius 3 is 2.72 bits per heavy atom. The third kappa shape index (κ3) is 3.80. The number of nitrogens with zero attached hydrogens (tertiary/aromatic N) is 2. The molecule has 1 aliphatic rings. The van der Waals surface area contributed by atoms with Gasteiger partial charge in [0, 0.05) is 16.9 Å². The van der Waals surface area contributed by atoms with Gasteiger partial charge in [0.15, 0.2) is 0 Å². The van der Waals surface area contributed by atoms with Crippen molar-refractivity contribution < 1.29 is 24.1 Å². The molecule has 1 atom stereocenters. The van der Waals surface area contributed by atoms with Crippen molar-refractivity contribution in [2.75, 3.05) is 19.0 Å². The van der Waals surface area contributed by atoms with E-state index in [0.717, 1.165) is 11.4 Å². The van der Waals surface area contributed by atoms with Crippen LogP contribution in [0.3, 0.4) is 0 Å². The van der Waals surface area contributed by atoms with E-state index >= 15 is 0 Å². The minimum Gasteiger partial charge on any atom is -0.496 e. The van der Waals surface area contributed by atoms with Crippen LogP contribution in [0.5, 0.6) is 11.6 Å². The predicted molar refractivity (Wildman–Crippen MR) is 105 cm³/mol. The third-order valence-electron chi connectivity index (χ3n) is 4.55. The fourth-order valence-corrected chi connectivity index (χ4v) is 3.44. The molecule has 1 aromatic heterocycles. The summed E-state index contributed by atoms with van der Waals surface area (Å²) in [6.45, 7) is 5.82. The summed E-state index contributed by atoms with van der Waals surface area (Å²) < 4.78 is 16.5. The molecule has 1 aliphatic heterocycles. The molecule has 8 nitrogen and oxygen atoms in total. The number of carbonyl (C=O) groups is 1. The SMILES string of the molecule is CCOc1nc(C)cc2c1C(c1ccc(C#N)cc1OC)C(OC(=O)O)=C(C)N2. The molecule has 1 aromatic carbocycles. The molecule has 8 heteroatoms. The Kier molecular flexibility index (Phi) is 5.59. The summed E-state index contributed by atoms with van der Waals surface area (Å²) in [5, 5.41) is 21.7. The zero-order chi connectivity index (χ0) is 21.1. The minimum atomic E-state index is -1.43. The maximum atomic E-state index is 11.4. The summed E-state index contributed by atoms with van der Waals surface area (Å²) in [5.74, 6) is 0.355. The monoisotopic (exact) mass is 395 g/mol. The molecule has 3 rings (SSSR count). The highest BCUT2D eigenvalue weighted by atomic mass is 16.7. The maximum absolute atomic E-state index is 11.4. The third-order valence-corrected chi connectivity index (χ3v) is 4.55. The van der Waals surface area contributed by atoms with Crippen LogP contribution in [-0.4, -0.2) is 30.0 Å². The van der Waals surface area contributed by atoms with Crippen LogP contribution in [0.1, 0.15) is 42.1 Å². The standard InChI is InChI=1S/C21H21N3O5/c1-5-28-20-18-15(8-11(2)23-20)24-12(3)19(29-21(25)26)17(18)14-7-6-13(10-22)9-16(14)27-4/h6-9,17,24H,5H2,1-4H3,(H,25,26). The molecule has 2 N–H and O–H groups in total. The largest absolute Gasteiger partial charge is 0.511 e. The van der Waals surface area contributed by atoms with Crippen molar-refractivity contribution in [3.05, 3.63) is 58.1 Å². The number of allylic oxidation sites excluding steroid dienone is 2. The lowest BCUT2D eigenvalue weighted by molar-refractivity contribution is 0.113. The molecule has 0 fully saturated rings. The van der Waals surface area contributed by atoms with E-state index in [-0.39, 0.29) is 5.76 Å². The van der Waals surface area contributed by atoms with Crippen molar-refractivity contribution in [2.45, 2.75) is 26.7 Å². The fraction of sp³-hybridized carbons (Fsp3) is 0.286. The number of fused-ring (bicyclic) bond motifs is 1. The van der Waals surface area contributed by atoms with Gasteiger partial charge in [0.05, 0.1) is 42.5 Å². The van der Waals surface area contributed by atoms with Crippen LogP contribution >= 0.6 is 0 Å². The lowest BCUT2D eigenvalue weighted by atomic mass is 9.84. The van der Waals surface area contributed by atoms with E-state index in [4.69, 9.17) is 14.2 Å². The second-order valence-electron chi connectivity index (χ2n) is 6.45. The minimum absolute atomic E-state index is 0.194. The summed E-state index contributed by atoms with van der Waals surface area (Å²) in [7, 11) is 1.49. The normalized spacial score (nSPS) is 15.1. The van der Waals surface area contributed by atoms with Gasteiger partial charge in [-0.3, -0.25) is 0 Å². The molecule has 0 spiro atoms. The van der Waals surface area contributed by atoms with Crippen molar-refractivity contribution in [3.63, 3.8) is 0 Å². The number of pyridine rings is 1. The van der Waals surface area contributed by atoms with Crippen molar-refractivity contribution >= 4 is 11.8 Å². The Hall–Kier alpha value is -3.73. The number of hydrogen-bond acceptors (Lipinski definition) is 7. The smallest absolute Gasteiger partial charge is 0.496 e. The highest BCUT2D eigenvalue weighted by Crippen LogP contribution is 2.48. The van der Waals surface area contributed by atoms with Gasteiger partial charge in [-0.05, 0) is 39.0 Å². The number of rotatable bonds is 5. The van der Waals surface area contributed by atoms with E-state index in [1.54, 1.807) is 25.1 Å². The van der Waals surface area contributed by atoms with Gasteiger partial charge in [-0.15, -0.1) is 0 Å². The number of benzene rings is 1. The number of hydrogen-bond donors (Lipinski definition) is 2. The van der Waals surface area contributed by atoms with Crippen LogP contribution in [0.15, 0.2) is 35.7 Å². The highest BCUT2D eigenvalue weighted by molar-refractivity contribution is 5.71. The van der Waals surface area contributed by atoms with Gasteiger partial charge < -0.3 is 24.6 Å². The molecular formula is C21H21N3O5. The number of carboxylic acid groups (broad SMARTS) is 1. The van der Waals surface area contributed by atoms with E-state index in [9.17, 15) is 15.2 Å². The number of nitrogens with one attached hydrogen (secondary N) is 1. The van der Waals surface area contributed by atoms with E-state index in [1.807, 2.05) is 19.9 Å². The number of aryl methyl sites for hydroxylation is 1. The highest BCUT2D eigenvalue weighted by Gasteiger charge is 2.36. The number of ether oxygens (including phenoxy) is 3. The van der Waals surface area contributed by atoms with Crippen LogP contribution in [0, 0.1) is 18.3 Å². The van der Waals surface area contributed by atoms with E-state index in [0.29, 0.717) is 40.6 Å². The molecule has 0 saturated heterocycles. The first-order valence-electron chi connectivity index (χ1n) is 9.00. The Balaban J connectivity index is 2.32. The molecular weight excluding hydrogens is 374 g/mol. The van der Waals surface area contributed by atoms with Crippen molar-refractivity contribution in [1.82, 2.24) is 4.98 Å². The van der Waals surface area contributed by atoms with Gasteiger partial charge in [-0.25, -0.2) is 9.78 Å². The summed E-state index contributed by atoms with van der Waals surface area (Å²) in [4.78, 5) is 15.9. The average Bonchev–Trinajstić information content (AvgIpc) is 2.68. The molecule has 2 aromatic rings. The molecule has 0 bridgehead atoms. The maximum Gasteiger partial charge on any atom is 0.511 e. The fourth-order valence-electron chi connectivity index (χ4n) is 3.44. The van der Waals surface area contributed by atoms with Crippen LogP contribution in [0.2, 0.25) is 0 Å². The quantitative estimate of drug-likeness (QED) is 0.726. The summed E-state index contributed by atoms with van der Waals surface area (Å²) >= 11 is 0. The van der Waals surface area contributed by atoms with Gasteiger partial charge in [0.1, 0.15) is 11.5 Å². The van der Waals surface area contributed by atoms with E-state index < -0.39 is 12.1 Å². The van der Waals surface area contributed by atoms with Gasteiger partial charge in [-0.1, -0.05) is 6.07 Å². The zero-order valence-corrected chi connectivity index (χ0v) is 16.6. The Morgan fingerprint density at radius 2 is 2.10 bits per heavy atom. The first-order valence-corrected chi connectivity index (χ1v) is 9.00. The number of anilines is 1. The second kappa shape index (κ2) is 8.10. The van der Waals surface area contributed by atoms with Gasteiger partial charge in [0.2, 0.25) is 5.88 Å². The lowest BCUT2D eigenvalue weighted by Gasteiger charge is -2.31. The zero-order valence-electron chi connectivity index (χ0n) is 16.6. The first kappa shape index (κ1) is 20.0. The molecule has 1 unspecified atom stereocenters. The molecule has 0 amide bonds. The van der Waals surface area contributed by atoms with E-state index in [2.05, 4.69) is 16.4 Å². The Morgan fingerprint density at radius 1 is 1.34 bits per heavy atom. The van der Waals surface area contributed by atoms with Crippen LogP contribution in [-0.2, 0) is 4.74 Å². The lowest BCUT2D eigenvalue weighted by Crippen LogP contribution is -2.23. The molecule has 0 saturated carbocycles. The summed E-state index contributed by atoms with van der Waals surface area (Å²) in [6, 6.07) is 8.92. The second-order valence-corrected chi connectivity index (χ2v) is 6.45. The predicted octanol–water partition coefficient (Wildman–Crippen LogP) is 4.15. The Labute approximate surface area is 168 Å². The van der Waals surface area contributed by atoms with Crippen molar-refractivity contribution in [1.29, 1.82) is 5.26 Å². The number of methoxy groups -OCH3 is 1. The van der Waals surface area contributed by atoms with Crippen LogP contribution < -0.4 is 14.8 Å². The Bertz CT molecular complexity index is 1040. The molecule has 150 valence electrons. The number of nitriles is 1. The first-order chi connectivity index (χ1) is 13.9. The van der Waals surface area contributed by atoms with E-state index in [1.165, 1.54) is 7.11 Å². The topological polar surface area (TPSA) is 114 Å². The molecule has 2 heterocycles.